The van der Waals surface area contributed by atoms with Crippen LogP contribution in [0.1, 0.15) is 206 Å². The van der Waals surface area contributed by atoms with E-state index in [0.29, 0.717) is 6.04 Å². The molecule has 0 fully saturated rings. The van der Waals surface area contributed by atoms with Gasteiger partial charge in [-0.05, 0) is 12.8 Å². The number of unbranched alkanes of at least 4 members (excludes halogenated alkanes) is 26. The van der Waals surface area contributed by atoms with Crippen LogP contribution in [0, 0.1) is 0 Å². The lowest BCUT2D eigenvalue weighted by Crippen LogP contribution is -2.40. The molecule has 1 atom stereocenters. The van der Waals surface area contributed by atoms with Crippen LogP contribution in [-0.4, -0.2) is 41.6 Å². The van der Waals surface area contributed by atoms with Crippen molar-refractivity contribution < 1.29 is 5.11 Å². The number of aliphatic hydroxyl groups is 1. The maximum Gasteiger partial charge on any atom is 0.0993 e. The van der Waals surface area contributed by atoms with E-state index in [9.17, 15) is 5.11 Å². The Bertz CT molecular complexity index is 534. The summed E-state index contributed by atoms with van der Waals surface area (Å²) in [4.78, 5) is 7.30. The van der Waals surface area contributed by atoms with Crippen molar-refractivity contribution >= 4 is 5.84 Å². The van der Waals surface area contributed by atoms with E-state index in [1.165, 1.54) is 186 Å². The molecule has 0 aromatic rings. The summed E-state index contributed by atoms with van der Waals surface area (Å²) in [6.07, 6.45) is 41.7. The molecule has 0 bridgehead atoms. The molecule has 0 aromatic heterocycles. The summed E-state index contributed by atoms with van der Waals surface area (Å²) in [7, 11) is 0. The molecule has 0 saturated carbocycles. The third kappa shape index (κ3) is 22.1. The van der Waals surface area contributed by atoms with Gasteiger partial charge in [0.2, 0.25) is 0 Å². The molecule has 0 amide bonds. The molecule has 0 aliphatic carbocycles. The molecule has 0 aromatic carbocycles. The minimum absolute atomic E-state index is 0.288. The Morgan fingerprint density at radius 3 is 1.25 bits per heavy atom. The van der Waals surface area contributed by atoms with Crippen LogP contribution >= 0.6 is 0 Å². The first-order chi connectivity index (χ1) is 19.8. The van der Waals surface area contributed by atoms with E-state index in [0.717, 1.165) is 25.9 Å². The Balaban J connectivity index is 1.94. The van der Waals surface area contributed by atoms with Crippen LogP contribution in [0.2, 0.25) is 0 Å². The first kappa shape index (κ1) is 37.5. The summed E-state index contributed by atoms with van der Waals surface area (Å²) in [5.74, 6) is 1.29. The lowest BCUT2D eigenvalue weighted by Gasteiger charge is -2.29. The Labute approximate surface area is 252 Å². The van der Waals surface area contributed by atoms with Gasteiger partial charge >= 0.3 is 0 Å². The number of amidine groups is 1. The number of nitrogens with zero attached hydrogens (tertiary/aromatic N) is 2. The standard InChI is InChI=1S/C37H74N2O/c1-3-5-7-9-11-13-15-17-19-21-23-25-27-29-31-36(35-40)39-34-33-38-37(39)32-30-28-26-24-22-20-18-16-14-12-10-8-6-4-2/h36,40H,3-35H2,1-2H3. The van der Waals surface area contributed by atoms with Gasteiger partial charge in [-0.3, -0.25) is 4.99 Å². The molecular formula is C37H74N2O. The van der Waals surface area contributed by atoms with Gasteiger partial charge in [-0.2, -0.15) is 0 Å². The van der Waals surface area contributed by atoms with E-state index in [2.05, 4.69) is 18.7 Å². The number of hydrogen-bond acceptors (Lipinski definition) is 3. The summed E-state index contributed by atoms with van der Waals surface area (Å²) in [5.41, 5.74) is 0. The average molecular weight is 563 g/mol. The zero-order valence-electron chi connectivity index (χ0n) is 27.8. The number of hydrogen-bond donors (Lipinski definition) is 1. The highest BCUT2D eigenvalue weighted by Gasteiger charge is 2.24. The summed E-state index contributed by atoms with van der Waals surface area (Å²) >= 11 is 0. The predicted octanol–water partition coefficient (Wildman–Crippen LogP) is 11.8. The molecule has 0 saturated heterocycles. The van der Waals surface area contributed by atoms with Gasteiger partial charge in [0.25, 0.3) is 0 Å². The maximum absolute atomic E-state index is 10.1. The first-order valence-electron chi connectivity index (χ1n) is 18.7. The van der Waals surface area contributed by atoms with Crippen LogP contribution in [0.5, 0.6) is 0 Å². The molecule has 3 nitrogen and oxygen atoms in total. The molecule has 3 heteroatoms. The molecule has 0 spiro atoms. The highest BCUT2D eigenvalue weighted by Crippen LogP contribution is 2.20. The molecule has 1 aliphatic heterocycles. The molecule has 40 heavy (non-hydrogen) atoms. The zero-order chi connectivity index (χ0) is 28.8. The molecule has 238 valence electrons. The highest BCUT2D eigenvalue weighted by molar-refractivity contribution is 5.84. The monoisotopic (exact) mass is 563 g/mol. The second-order valence-electron chi connectivity index (χ2n) is 13.1. The van der Waals surface area contributed by atoms with Crippen LogP contribution in [0.25, 0.3) is 0 Å². The fourth-order valence-corrected chi connectivity index (χ4v) is 6.52. The normalized spacial score (nSPS) is 14.3. The third-order valence-corrected chi connectivity index (χ3v) is 9.26. The third-order valence-electron chi connectivity index (χ3n) is 9.26. The van der Waals surface area contributed by atoms with Gasteiger partial charge in [0, 0.05) is 13.0 Å². The summed E-state index contributed by atoms with van der Waals surface area (Å²) in [6, 6.07) is 0.297. The molecule has 1 unspecified atom stereocenters. The van der Waals surface area contributed by atoms with Crippen molar-refractivity contribution in [2.24, 2.45) is 4.99 Å². The van der Waals surface area contributed by atoms with Gasteiger partial charge in [0.1, 0.15) is 0 Å². The second kappa shape index (κ2) is 29.9. The van der Waals surface area contributed by atoms with E-state index < -0.39 is 0 Å². The summed E-state index contributed by atoms with van der Waals surface area (Å²) < 4.78 is 0. The molecule has 0 radical (unpaired) electrons. The van der Waals surface area contributed by atoms with Gasteiger partial charge in [0.15, 0.2) is 0 Å². The second-order valence-corrected chi connectivity index (χ2v) is 13.1. The van der Waals surface area contributed by atoms with Crippen molar-refractivity contribution in [1.29, 1.82) is 0 Å². The fraction of sp³-hybridized carbons (Fsp3) is 0.973. The van der Waals surface area contributed by atoms with E-state index in [1.54, 1.807) is 0 Å². The van der Waals surface area contributed by atoms with E-state index in [4.69, 9.17) is 4.99 Å². The van der Waals surface area contributed by atoms with Crippen molar-refractivity contribution in [3.05, 3.63) is 0 Å². The Morgan fingerprint density at radius 1 is 0.525 bits per heavy atom. The first-order valence-corrected chi connectivity index (χ1v) is 18.7. The van der Waals surface area contributed by atoms with Crippen molar-refractivity contribution in [2.75, 3.05) is 19.7 Å². The summed E-state index contributed by atoms with van der Waals surface area (Å²) in [5, 5.41) is 10.1. The lowest BCUT2D eigenvalue weighted by molar-refractivity contribution is 0.175. The largest absolute Gasteiger partial charge is 0.394 e. The lowest BCUT2D eigenvalue weighted by atomic mass is 10.0. The molecule has 1 rings (SSSR count). The maximum atomic E-state index is 10.1. The van der Waals surface area contributed by atoms with Crippen LogP contribution in [-0.2, 0) is 0 Å². The Morgan fingerprint density at radius 2 is 0.875 bits per heavy atom. The van der Waals surface area contributed by atoms with E-state index in [1.807, 2.05) is 0 Å². The minimum Gasteiger partial charge on any atom is -0.394 e. The average Bonchev–Trinajstić information content (AvgIpc) is 3.43. The Hall–Kier alpha value is -0.570. The topological polar surface area (TPSA) is 35.8 Å². The van der Waals surface area contributed by atoms with Crippen LogP contribution in [0.4, 0.5) is 0 Å². The predicted molar refractivity (Wildman–Crippen MR) is 180 cm³/mol. The van der Waals surface area contributed by atoms with Gasteiger partial charge in [-0.1, -0.05) is 187 Å². The van der Waals surface area contributed by atoms with Crippen LogP contribution in [0.3, 0.4) is 0 Å². The fourth-order valence-electron chi connectivity index (χ4n) is 6.52. The zero-order valence-corrected chi connectivity index (χ0v) is 27.8. The van der Waals surface area contributed by atoms with Crippen LogP contribution < -0.4 is 0 Å². The quantitative estimate of drug-likeness (QED) is 0.0827. The molecule has 1 heterocycles. The SMILES string of the molecule is CCCCCCCCCCCCCCCCC1=NCCN1C(CO)CCCCCCCCCCCCCCCC. The van der Waals surface area contributed by atoms with Crippen molar-refractivity contribution in [3.8, 4) is 0 Å². The van der Waals surface area contributed by atoms with Gasteiger partial charge in [0.05, 0.1) is 25.0 Å². The van der Waals surface area contributed by atoms with E-state index >= 15 is 0 Å². The molecule has 1 N–H and O–H groups in total. The smallest absolute Gasteiger partial charge is 0.0993 e. The van der Waals surface area contributed by atoms with Crippen molar-refractivity contribution in [1.82, 2.24) is 4.90 Å². The number of aliphatic hydroxyl groups excluding tert-OH is 1. The Kier molecular flexibility index (Phi) is 28.0. The van der Waals surface area contributed by atoms with Gasteiger partial charge in [-0.15, -0.1) is 0 Å². The molecular weight excluding hydrogens is 488 g/mol. The minimum atomic E-state index is 0.288. The van der Waals surface area contributed by atoms with Gasteiger partial charge in [-0.25, -0.2) is 0 Å². The van der Waals surface area contributed by atoms with Crippen molar-refractivity contribution in [2.45, 2.75) is 213 Å². The highest BCUT2D eigenvalue weighted by atomic mass is 16.3. The van der Waals surface area contributed by atoms with Crippen LogP contribution in [0.15, 0.2) is 4.99 Å². The number of aliphatic imine (C=N–C) groups is 1. The number of rotatable bonds is 32. The summed E-state index contributed by atoms with van der Waals surface area (Å²) in [6.45, 7) is 6.84. The van der Waals surface area contributed by atoms with Gasteiger partial charge < -0.3 is 10.0 Å². The van der Waals surface area contributed by atoms with E-state index in [-0.39, 0.29) is 6.61 Å². The molecule has 1 aliphatic rings. The van der Waals surface area contributed by atoms with Crippen molar-refractivity contribution in [3.63, 3.8) is 0 Å².